The van der Waals surface area contributed by atoms with E-state index in [2.05, 4.69) is 4.98 Å². The summed E-state index contributed by atoms with van der Waals surface area (Å²) in [4.78, 5) is 41.2. The van der Waals surface area contributed by atoms with Crippen molar-refractivity contribution in [1.82, 2.24) is 9.88 Å². The van der Waals surface area contributed by atoms with Crippen LogP contribution in [0, 0.1) is 13.8 Å². The smallest absolute Gasteiger partial charge is 0.355 e. The fraction of sp³-hybridized carbons (Fsp3) is 0.588. The molecule has 0 bridgehead atoms. The topological polar surface area (TPSA) is 79.5 Å². The lowest BCUT2D eigenvalue weighted by Crippen LogP contribution is -2.43. The number of rotatable bonds is 7. The number of nitrogens with zero attached hydrogens (tertiary/aromatic N) is 1. The quantitative estimate of drug-likeness (QED) is 0.618. The Morgan fingerprint density at radius 2 is 1.78 bits per heavy atom. The highest BCUT2D eigenvalue weighted by atomic mass is 16.5. The minimum Gasteiger partial charge on any atom is -0.461 e. The molecule has 0 aromatic carbocycles. The minimum atomic E-state index is -0.573. The second-order valence-corrected chi connectivity index (χ2v) is 5.42. The van der Waals surface area contributed by atoms with Crippen molar-refractivity contribution >= 4 is 17.7 Å². The molecule has 0 aliphatic rings. The summed E-state index contributed by atoms with van der Waals surface area (Å²) in [6, 6.07) is -0.573. The van der Waals surface area contributed by atoms with E-state index in [0.717, 1.165) is 0 Å². The number of H-pyrrole nitrogens is 1. The van der Waals surface area contributed by atoms with Crippen molar-refractivity contribution in [2.24, 2.45) is 0 Å². The largest absolute Gasteiger partial charge is 0.461 e. The zero-order chi connectivity index (χ0) is 17.7. The Hall–Kier alpha value is -2.11. The van der Waals surface area contributed by atoms with Crippen LogP contribution in [0.2, 0.25) is 0 Å². The molecule has 1 aromatic heterocycles. The summed E-state index contributed by atoms with van der Waals surface area (Å²) in [7, 11) is 0. The van der Waals surface area contributed by atoms with Gasteiger partial charge in [0.2, 0.25) is 5.91 Å². The van der Waals surface area contributed by atoms with Crippen molar-refractivity contribution in [3.05, 3.63) is 22.5 Å². The number of likely N-dealkylation sites (N-methyl/N-ethyl adjacent to an activating group) is 1. The number of ketones is 1. The molecule has 23 heavy (non-hydrogen) atoms. The predicted molar refractivity (Wildman–Crippen MR) is 87.7 cm³/mol. The lowest BCUT2D eigenvalue weighted by atomic mass is 9.99. The van der Waals surface area contributed by atoms with Gasteiger partial charge in [-0.05, 0) is 40.2 Å². The first-order valence-corrected chi connectivity index (χ1v) is 7.99. The number of amides is 1. The van der Waals surface area contributed by atoms with Gasteiger partial charge in [-0.1, -0.05) is 6.92 Å². The molecule has 0 saturated heterocycles. The molecule has 0 saturated carbocycles. The third kappa shape index (κ3) is 3.81. The maximum atomic E-state index is 12.8. The van der Waals surface area contributed by atoms with Crippen LogP contribution < -0.4 is 0 Å². The normalized spacial score (nSPS) is 11.9. The molecule has 0 radical (unpaired) electrons. The number of nitrogens with one attached hydrogen (secondary N) is 1. The van der Waals surface area contributed by atoms with E-state index >= 15 is 0 Å². The highest BCUT2D eigenvalue weighted by Crippen LogP contribution is 2.22. The van der Waals surface area contributed by atoms with Crippen molar-refractivity contribution in [2.75, 3.05) is 13.2 Å². The van der Waals surface area contributed by atoms with E-state index in [1.807, 2.05) is 6.92 Å². The molecule has 6 nitrogen and oxygen atoms in total. The lowest BCUT2D eigenvalue weighted by Gasteiger charge is -2.27. The number of aryl methyl sites for hydroxylation is 1. The second-order valence-electron chi connectivity index (χ2n) is 5.42. The monoisotopic (exact) mass is 322 g/mol. The first-order chi connectivity index (χ1) is 10.8. The number of Topliss-reactive ketones (excluding diaryl/α,β-unsaturated/α-hetero) is 1. The lowest BCUT2D eigenvalue weighted by molar-refractivity contribution is -0.131. The molecule has 0 aliphatic heterocycles. The molecule has 128 valence electrons. The molecule has 1 amide bonds. The van der Waals surface area contributed by atoms with Crippen molar-refractivity contribution in [2.45, 2.75) is 54.0 Å². The van der Waals surface area contributed by atoms with Gasteiger partial charge < -0.3 is 14.6 Å². The van der Waals surface area contributed by atoms with E-state index < -0.39 is 12.0 Å². The van der Waals surface area contributed by atoms with Gasteiger partial charge in [-0.25, -0.2) is 4.79 Å². The number of hydrogen-bond acceptors (Lipinski definition) is 4. The zero-order valence-corrected chi connectivity index (χ0v) is 14.8. The van der Waals surface area contributed by atoms with E-state index in [9.17, 15) is 14.4 Å². The summed E-state index contributed by atoms with van der Waals surface area (Å²) in [6.45, 7) is 11.3. The standard InChI is InChI=1S/C17H26N2O4/c1-7-13(20)19(8-2)12(6)16(21)14-10(4)15(18-11(14)5)17(22)23-9-3/h12,18H,7-9H2,1-6H3/t12-/m0/s1. The summed E-state index contributed by atoms with van der Waals surface area (Å²) in [6.07, 6.45) is 0.352. The molecule has 1 heterocycles. The predicted octanol–water partition coefficient (Wildman–Crippen LogP) is 2.64. The van der Waals surface area contributed by atoms with Crippen LogP contribution in [-0.2, 0) is 9.53 Å². The van der Waals surface area contributed by atoms with Gasteiger partial charge in [0.25, 0.3) is 0 Å². The van der Waals surface area contributed by atoms with E-state index in [4.69, 9.17) is 4.74 Å². The number of carbonyl (C=O) groups excluding carboxylic acids is 3. The average Bonchev–Trinajstić information content (AvgIpc) is 2.82. The Bertz CT molecular complexity index is 604. The summed E-state index contributed by atoms with van der Waals surface area (Å²) in [5, 5.41) is 0. The number of ether oxygens (including phenoxy) is 1. The number of aromatic nitrogens is 1. The van der Waals surface area contributed by atoms with Gasteiger partial charge in [0.15, 0.2) is 5.78 Å². The number of aromatic amines is 1. The van der Waals surface area contributed by atoms with Crippen molar-refractivity contribution in [1.29, 1.82) is 0 Å². The number of esters is 1. The molecule has 0 aliphatic carbocycles. The van der Waals surface area contributed by atoms with Gasteiger partial charge in [0.05, 0.1) is 12.6 Å². The Kier molecular flexibility index (Phi) is 6.54. The van der Waals surface area contributed by atoms with Gasteiger partial charge in [-0.3, -0.25) is 9.59 Å². The Labute approximate surface area is 137 Å². The SMILES string of the molecule is CCOC(=O)c1[nH]c(C)c(C(=O)[C@H](C)N(CC)C(=O)CC)c1C. The van der Waals surface area contributed by atoms with Crippen LogP contribution in [0.4, 0.5) is 0 Å². The molecular formula is C17H26N2O4. The third-order valence-electron chi connectivity index (χ3n) is 3.97. The van der Waals surface area contributed by atoms with Crippen LogP contribution in [0.1, 0.15) is 66.2 Å². The van der Waals surface area contributed by atoms with E-state index in [0.29, 0.717) is 35.5 Å². The van der Waals surface area contributed by atoms with Crippen molar-refractivity contribution < 1.29 is 19.1 Å². The molecule has 1 rings (SSSR count). The molecule has 0 fully saturated rings. The highest BCUT2D eigenvalue weighted by Gasteiger charge is 2.29. The van der Waals surface area contributed by atoms with Crippen molar-refractivity contribution in [3.8, 4) is 0 Å². The Morgan fingerprint density at radius 3 is 2.26 bits per heavy atom. The molecular weight excluding hydrogens is 296 g/mol. The molecule has 1 aromatic rings. The average molecular weight is 322 g/mol. The van der Waals surface area contributed by atoms with Crippen molar-refractivity contribution in [3.63, 3.8) is 0 Å². The number of hydrogen-bond donors (Lipinski definition) is 1. The zero-order valence-electron chi connectivity index (χ0n) is 14.8. The minimum absolute atomic E-state index is 0.0650. The van der Waals surface area contributed by atoms with Crippen LogP contribution in [0.25, 0.3) is 0 Å². The van der Waals surface area contributed by atoms with Crippen LogP contribution in [0.5, 0.6) is 0 Å². The second kappa shape index (κ2) is 7.94. The summed E-state index contributed by atoms with van der Waals surface area (Å²) >= 11 is 0. The number of carbonyl (C=O) groups is 3. The van der Waals surface area contributed by atoms with Gasteiger partial charge in [0.1, 0.15) is 5.69 Å². The van der Waals surface area contributed by atoms with Gasteiger partial charge in [0, 0.05) is 24.2 Å². The van der Waals surface area contributed by atoms with E-state index in [-0.39, 0.29) is 18.3 Å². The van der Waals surface area contributed by atoms with Crippen LogP contribution >= 0.6 is 0 Å². The first kappa shape index (κ1) is 18.9. The Balaban J connectivity index is 3.18. The Morgan fingerprint density at radius 1 is 1.17 bits per heavy atom. The summed E-state index contributed by atoms with van der Waals surface area (Å²) < 4.78 is 5.00. The van der Waals surface area contributed by atoms with E-state index in [1.54, 1.807) is 39.5 Å². The molecule has 1 atom stereocenters. The fourth-order valence-corrected chi connectivity index (χ4v) is 2.75. The van der Waals surface area contributed by atoms with E-state index in [1.165, 1.54) is 0 Å². The maximum absolute atomic E-state index is 12.8. The highest BCUT2D eigenvalue weighted by molar-refractivity contribution is 6.06. The summed E-state index contributed by atoms with van der Waals surface area (Å²) in [5.41, 5.74) is 1.94. The maximum Gasteiger partial charge on any atom is 0.355 e. The van der Waals surface area contributed by atoms with Crippen LogP contribution in [0.3, 0.4) is 0 Å². The molecule has 0 spiro atoms. The fourth-order valence-electron chi connectivity index (χ4n) is 2.75. The third-order valence-corrected chi connectivity index (χ3v) is 3.97. The van der Waals surface area contributed by atoms with Crippen LogP contribution in [-0.4, -0.2) is 46.7 Å². The molecule has 6 heteroatoms. The van der Waals surface area contributed by atoms with Gasteiger partial charge in [-0.2, -0.15) is 0 Å². The van der Waals surface area contributed by atoms with Crippen LogP contribution in [0.15, 0.2) is 0 Å². The molecule has 0 unspecified atom stereocenters. The first-order valence-electron chi connectivity index (χ1n) is 7.99. The molecule has 1 N–H and O–H groups in total. The summed E-state index contributed by atoms with van der Waals surface area (Å²) in [5.74, 6) is -0.711. The van der Waals surface area contributed by atoms with Gasteiger partial charge in [-0.15, -0.1) is 0 Å². The van der Waals surface area contributed by atoms with Gasteiger partial charge >= 0.3 is 5.97 Å².